The molecule has 0 fully saturated rings. The average molecular weight is 282 g/mol. The van der Waals surface area contributed by atoms with E-state index < -0.39 is 5.51 Å². The van der Waals surface area contributed by atoms with Crippen LogP contribution in [0.1, 0.15) is 5.56 Å². The number of halogens is 3. The molecule has 0 spiro atoms. The molecule has 0 bridgehead atoms. The number of aliphatic hydroxyl groups is 1. The van der Waals surface area contributed by atoms with Crippen LogP contribution in [0.3, 0.4) is 0 Å². The van der Waals surface area contributed by atoms with E-state index in [1.54, 1.807) is 18.2 Å². The number of para-hydroxylation sites is 1. The smallest absolute Gasteiger partial charge is 0.441 e. The SMILES string of the molecule is COc1cccc(CO)c1OCCSC(F)(F)F. The fourth-order valence-electron chi connectivity index (χ4n) is 1.31. The van der Waals surface area contributed by atoms with Crippen molar-refractivity contribution in [2.45, 2.75) is 12.1 Å². The van der Waals surface area contributed by atoms with Crippen LogP contribution in [-0.4, -0.2) is 30.1 Å². The summed E-state index contributed by atoms with van der Waals surface area (Å²) in [5.74, 6) is 0.454. The van der Waals surface area contributed by atoms with Crippen LogP contribution >= 0.6 is 11.8 Å². The molecule has 0 aliphatic heterocycles. The molecule has 0 heterocycles. The molecule has 0 saturated carbocycles. The van der Waals surface area contributed by atoms with E-state index in [4.69, 9.17) is 14.6 Å². The normalized spacial score (nSPS) is 11.4. The number of benzene rings is 1. The number of rotatable bonds is 6. The van der Waals surface area contributed by atoms with E-state index in [9.17, 15) is 13.2 Å². The predicted octanol–water partition coefficient (Wildman–Crippen LogP) is 2.82. The van der Waals surface area contributed by atoms with Crippen molar-refractivity contribution in [1.82, 2.24) is 0 Å². The highest BCUT2D eigenvalue weighted by Crippen LogP contribution is 2.33. The first kappa shape index (κ1) is 15.0. The van der Waals surface area contributed by atoms with E-state index >= 15 is 0 Å². The van der Waals surface area contributed by atoms with Crippen molar-refractivity contribution in [2.24, 2.45) is 0 Å². The second-order valence-corrected chi connectivity index (χ2v) is 4.41. The van der Waals surface area contributed by atoms with Gasteiger partial charge < -0.3 is 14.6 Å². The van der Waals surface area contributed by atoms with Crippen molar-refractivity contribution in [2.75, 3.05) is 19.5 Å². The van der Waals surface area contributed by atoms with Crippen molar-refractivity contribution in [1.29, 1.82) is 0 Å². The van der Waals surface area contributed by atoms with Crippen LogP contribution in [0.4, 0.5) is 13.2 Å². The molecule has 102 valence electrons. The molecule has 3 nitrogen and oxygen atoms in total. The van der Waals surface area contributed by atoms with Gasteiger partial charge >= 0.3 is 5.51 Å². The lowest BCUT2D eigenvalue weighted by Gasteiger charge is -2.14. The van der Waals surface area contributed by atoms with Crippen LogP contribution in [0.15, 0.2) is 18.2 Å². The van der Waals surface area contributed by atoms with E-state index in [-0.39, 0.29) is 36.5 Å². The first-order valence-electron chi connectivity index (χ1n) is 5.08. The summed E-state index contributed by atoms with van der Waals surface area (Å²) in [7, 11) is 1.42. The van der Waals surface area contributed by atoms with E-state index in [0.717, 1.165) is 0 Å². The van der Waals surface area contributed by atoms with Crippen molar-refractivity contribution in [3.05, 3.63) is 23.8 Å². The molecule has 1 rings (SSSR count). The number of aliphatic hydroxyl groups excluding tert-OH is 1. The Hall–Kier alpha value is -1.08. The Labute approximate surface area is 107 Å². The molecule has 7 heteroatoms. The summed E-state index contributed by atoms with van der Waals surface area (Å²) >= 11 is -0.149. The molecular weight excluding hydrogens is 269 g/mol. The maximum absolute atomic E-state index is 11.9. The third-order valence-electron chi connectivity index (χ3n) is 2.05. The van der Waals surface area contributed by atoms with E-state index in [1.165, 1.54) is 7.11 Å². The van der Waals surface area contributed by atoms with Gasteiger partial charge in [-0.25, -0.2) is 0 Å². The van der Waals surface area contributed by atoms with Crippen LogP contribution in [0, 0.1) is 0 Å². The van der Waals surface area contributed by atoms with Gasteiger partial charge in [0.2, 0.25) is 0 Å². The lowest BCUT2D eigenvalue weighted by atomic mass is 10.2. The maximum Gasteiger partial charge on any atom is 0.441 e. The summed E-state index contributed by atoms with van der Waals surface area (Å²) in [6.45, 7) is -0.378. The molecule has 0 amide bonds. The number of ether oxygens (including phenoxy) is 2. The van der Waals surface area contributed by atoms with Gasteiger partial charge in [-0.15, -0.1) is 0 Å². The highest BCUT2D eigenvalue weighted by atomic mass is 32.2. The molecule has 0 aliphatic carbocycles. The van der Waals surface area contributed by atoms with Gasteiger partial charge in [-0.05, 0) is 17.8 Å². The summed E-state index contributed by atoms with van der Waals surface area (Å²) in [4.78, 5) is 0. The van der Waals surface area contributed by atoms with Gasteiger partial charge in [-0.3, -0.25) is 0 Å². The second-order valence-electron chi connectivity index (χ2n) is 3.25. The van der Waals surface area contributed by atoms with Crippen molar-refractivity contribution < 1.29 is 27.8 Å². The van der Waals surface area contributed by atoms with Crippen LogP contribution in [0.2, 0.25) is 0 Å². The number of hydrogen-bond donors (Lipinski definition) is 1. The number of methoxy groups -OCH3 is 1. The predicted molar refractivity (Wildman–Crippen MR) is 62.9 cm³/mol. The standard InChI is InChI=1S/C11H13F3O3S/c1-16-9-4-2-3-8(7-15)10(9)17-5-6-18-11(12,13)14/h2-4,15H,5-7H2,1H3. The zero-order chi connectivity index (χ0) is 13.6. The Morgan fingerprint density at radius 3 is 2.61 bits per heavy atom. The van der Waals surface area contributed by atoms with Gasteiger partial charge in [-0.2, -0.15) is 13.2 Å². The minimum atomic E-state index is -4.26. The maximum atomic E-state index is 11.9. The minimum Gasteiger partial charge on any atom is -0.493 e. The fourth-order valence-corrected chi connectivity index (χ4v) is 1.71. The van der Waals surface area contributed by atoms with Crippen LogP contribution < -0.4 is 9.47 Å². The summed E-state index contributed by atoms with van der Waals surface area (Å²) in [6, 6.07) is 4.90. The summed E-state index contributed by atoms with van der Waals surface area (Å²) < 4.78 is 46.0. The van der Waals surface area contributed by atoms with Crippen LogP contribution in [-0.2, 0) is 6.61 Å². The molecule has 1 N–H and O–H groups in total. The Morgan fingerprint density at radius 2 is 2.06 bits per heavy atom. The number of alkyl halides is 3. The Kier molecular flexibility index (Phi) is 5.61. The topological polar surface area (TPSA) is 38.7 Å². The Balaban J connectivity index is 2.60. The first-order valence-corrected chi connectivity index (χ1v) is 6.06. The van der Waals surface area contributed by atoms with Gasteiger partial charge in [-0.1, -0.05) is 12.1 Å². The second kappa shape index (κ2) is 6.75. The highest BCUT2D eigenvalue weighted by Gasteiger charge is 2.27. The fraction of sp³-hybridized carbons (Fsp3) is 0.455. The number of hydrogen-bond acceptors (Lipinski definition) is 4. The summed E-state index contributed by atoms with van der Waals surface area (Å²) in [5, 5.41) is 9.10. The zero-order valence-corrected chi connectivity index (χ0v) is 10.5. The van der Waals surface area contributed by atoms with Crippen molar-refractivity contribution in [3.63, 3.8) is 0 Å². The summed E-state index contributed by atoms with van der Waals surface area (Å²) in [5.41, 5.74) is -3.78. The van der Waals surface area contributed by atoms with Gasteiger partial charge in [0.1, 0.15) is 0 Å². The summed E-state index contributed by atoms with van der Waals surface area (Å²) in [6.07, 6.45) is 0. The van der Waals surface area contributed by atoms with Gasteiger partial charge in [0.05, 0.1) is 20.3 Å². The van der Waals surface area contributed by atoms with Crippen LogP contribution in [0.25, 0.3) is 0 Å². The lowest BCUT2D eigenvalue weighted by Crippen LogP contribution is -2.09. The first-order chi connectivity index (χ1) is 8.48. The van der Waals surface area contributed by atoms with Gasteiger partial charge in [0, 0.05) is 11.3 Å². The Morgan fingerprint density at radius 1 is 1.33 bits per heavy atom. The average Bonchev–Trinajstić information content (AvgIpc) is 2.33. The lowest BCUT2D eigenvalue weighted by molar-refractivity contribution is -0.0329. The quantitative estimate of drug-likeness (QED) is 0.814. The zero-order valence-electron chi connectivity index (χ0n) is 9.66. The molecule has 0 radical (unpaired) electrons. The molecule has 0 aromatic heterocycles. The van der Waals surface area contributed by atoms with Gasteiger partial charge in [0.15, 0.2) is 11.5 Å². The minimum absolute atomic E-state index is 0.114. The molecule has 1 aromatic carbocycles. The molecule has 0 atom stereocenters. The van der Waals surface area contributed by atoms with E-state index in [2.05, 4.69) is 0 Å². The van der Waals surface area contributed by atoms with E-state index in [1.807, 2.05) is 0 Å². The van der Waals surface area contributed by atoms with Crippen LogP contribution in [0.5, 0.6) is 11.5 Å². The number of thioether (sulfide) groups is 1. The largest absolute Gasteiger partial charge is 0.493 e. The van der Waals surface area contributed by atoms with E-state index in [0.29, 0.717) is 11.3 Å². The van der Waals surface area contributed by atoms with Crippen molar-refractivity contribution in [3.8, 4) is 11.5 Å². The third-order valence-corrected chi connectivity index (χ3v) is 2.74. The highest BCUT2D eigenvalue weighted by molar-refractivity contribution is 8.00. The molecule has 0 saturated heterocycles. The molecule has 18 heavy (non-hydrogen) atoms. The third kappa shape index (κ3) is 4.66. The molecule has 0 aliphatic rings. The monoisotopic (exact) mass is 282 g/mol. The molecular formula is C11H13F3O3S. The molecule has 1 aromatic rings. The van der Waals surface area contributed by atoms with Crippen molar-refractivity contribution >= 4 is 11.8 Å². The Bertz CT molecular complexity index is 360. The molecule has 0 unspecified atom stereocenters. The van der Waals surface area contributed by atoms with Gasteiger partial charge in [0.25, 0.3) is 0 Å².